The van der Waals surface area contributed by atoms with Gasteiger partial charge in [-0.1, -0.05) is 24.3 Å². The predicted molar refractivity (Wildman–Crippen MR) is 108 cm³/mol. The summed E-state index contributed by atoms with van der Waals surface area (Å²) in [5, 5.41) is 2.86. The first-order valence-corrected chi connectivity index (χ1v) is 10.1. The van der Waals surface area contributed by atoms with E-state index in [-0.39, 0.29) is 36.1 Å². The molecule has 0 bridgehead atoms. The molecule has 8 heteroatoms. The summed E-state index contributed by atoms with van der Waals surface area (Å²) in [6.45, 7) is 0.385. The number of thioether (sulfide) groups is 1. The van der Waals surface area contributed by atoms with Crippen molar-refractivity contribution in [1.82, 2.24) is 15.8 Å². The second-order valence-electron chi connectivity index (χ2n) is 6.60. The molecule has 0 aromatic heterocycles. The molecule has 2 unspecified atom stereocenters. The number of likely N-dealkylation sites (N-methyl/N-ethyl adjacent to an activating group) is 1. The SMILES string of the molecule is CSc1ccccc1NC(=O)CN(C)C(=O)C1CNNC1c1ccc(F)cc1. The van der Waals surface area contributed by atoms with E-state index in [0.717, 1.165) is 16.1 Å². The van der Waals surface area contributed by atoms with E-state index in [1.54, 1.807) is 30.9 Å². The van der Waals surface area contributed by atoms with Gasteiger partial charge in [-0.15, -0.1) is 11.8 Å². The molecule has 3 rings (SSSR count). The smallest absolute Gasteiger partial charge is 0.244 e. The molecule has 2 atom stereocenters. The van der Waals surface area contributed by atoms with Crippen LogP contribution in [-0.4, -0.2) is 43.1 Å². The number of hydrazine groups is 1. The summed E-state index contributed by atoms with van der Waals surface area (Å²) in [6, 6.07) is 13.3. The van der Waals surface area contributed by atoms with Crippen molar-refractivity contribution in [2.24, 2.45) is 5.92 Å². The highest BCUT2D eigenvalue weighted by Gasteiger charge is 2.36. The Hall–Kier alpha value is -2.42. The van der Waals surface area contributed by atoms with E-state index in [1.165, 1.54) is 17.0 Å². The lowest BCUT2D eigenvalue weighted by molar-refractivity contribution is -0.136. The lowest BCUT2D eigenvalue weighted by atomic mass is 9.94. The van der Waals surface area contributed by atoms with Crippen molar-refractivity contribution in [2.75, 3.05) is 31.7 Å². The third-order valence-corrected chi connectivity index (χ3v) is 5.46. The summed E-state index contributed by atoms with van der Waals surface area (Å²) in [6.07, 6.45) is 1.94. The van der Waals surface area contributed by atoms with Gasteiger partial charge < -0.3 is 10.2 Å². The highest BCUT2D eigenvalue weighted by atomic mass is 32.2. The van der Waals surface area contributed by atoms with Gasteiger partial charge in [-0.05, 0) is 36.1 Å². The highest BCUT2D eigenvalue weighted by molar-refractivity contribution is 7.98. The molecular weight excluding hydrogens is 379 g/mol. The molecule has 1 heterocycles. The topological polar surface area (TPSA) is 73.5 Å². The van der Waals surface area contributed by atoms with Gasteiger partial charge in [0.15, 0.2) is 0 Å². The summed E-state index contributed by atoms with van der Waals surface area (Å²) >= 11 is 1.54. The normalized spacial score (nSPS) is 18.7. The van der Waals surface area contributed by atoms with E-state index in [1.807, 2.05) is 30.5 Å². The molecule has 2 aromatic carbocycles. The van der Waals surface area contributed by atoms with Crippen LogP contribution in [0, 0.1) is 11.7 Å². The Labute approximate surface area is 167 Å². The molecule has 6 nitrogen and oxygen atoms in total. The first kappa shape index (κ1) is 20.3. The number of nitrogens with one attached hydrogen (secondary N) is 3. The minimum Gasteiger partial charge on any atom is -0.336 e. The van der Waals surface area contributed by atoms with E-state index in [0.29, 0.717) is 6.54 Å². The Kier molecular flexibility index (Phi) is 6.66. The zero-order valence-electron chi connectivity index (χ0n) is 15.7. The molecule has 28 heavy (non-hydrogen) atoms. The number of hydrogen-bond acceptors (Lipinski definition) is 5. The van der Waals surface area contributed by atoms with Crippen LogP contribution in [0.15, 0.2) is 53.4 Å². The summed E-state index contributed by atoms with van der Waals surface area (Å²) < 4.78 is 13.2. The zero-order chi connectivity index (χ0) is 20.1. The van der Waals surface area contributed by atoms with Crippen LogP contribution >= 0.6 is 11.8 Å². The fourth-order valence-corrected chi connectivity index (χ4v) is 3.78. The minimum absolute atomic E-state index is 0.0474. The molecule has 1 aliphatic rings. The Morgan fingerprint density at radius 1 is 1.21 bits per heavy atom. The fraction of sp³-hybridized carbons (Fsp3) is 0.300. The first-order valence-electron chi connectivity index (χ1n) is 8.91. The number of anilines is 1. The Morgan fingerprint density at radius 3 is 2.64 bits per heavy atom. The number of amides is 2. The van der Waals surface area contributed by atoms with Gasteiger partial charge in [0, 0.05) is 18.5 Å². The van der Waals surface area contributed by atoms with Crippen molar-refractivity contribution in [3.63, 3.8) is 0 Å². The molecule has 1 fully saturated rings. The molecule has 0 radical (unpaired) electrons. The molecule has 0 saturated carbocycles. The zero-order valence-corrected chi connectivity index (χ0v) is 16.6. The molecule has 2 aromatic rings. The monoisotopic (exact) mass is 402 g/mol. The van der Waals surface area contributed by atoms with Crippen LogP contribution in [-0.2, 0) is 9.59 Å². The van der Waals surface area contributed by atoms with Gasteiger partial charge in [0.25, 0.3) is 0 Å². The molecule has 0 spiro atoms. The number of carbonyl (C=O) groups excluding carboxylic acids is 2. The second-order valence-corrected chi connectivity index (χ2v) is 7.45. The quantitative estimate of drug-likeness (QED) is 0.647. The van der Waals surface area contributed by atoms with Gasteiger partial charge in [0.1, 0.15) is 5.82 Å². The maximum atomic E-state index is 13.2. The van der Waals surface area contributed by atoms with Crippen LogP contribution in [0.1, 0.15) is 11.6 Å². The molecule has 1 aliphatic heterocycles. The third-order valence-electron chi connectivity index (χ3n) is 4.67. The molecule has 2 amide bonds. The van der Waals surface area contributed by atoms with Crippen LogP contribution < -0.4 is 16.2 Å². The molecular formula is C20H23FN4O2S. The molecule has 148 valence electrons. The van der Waals surface area contributed by atoms with Crippen LogP contribution in [0.2, 0.25) is 0 Å². The van der Waals surface area contributed by atoms with E-state index in [2.05, 4.69) is 16.2 Å². The number of rotatable bonds is 6. The molecule has 3 N–H and O–H groups in total. The Morgan fingerprint density at radius 2 is 1.93 bits per heavy atom. The average molecular weight is 402 g/mol. The van der Waals surface area contributed by atoms with Crippen molar-refractivity contribution in [3.05, 3.63) is 59.9 Å². The number of benzene rings is 2. The van der Waals surface area contributed by atoms with Crippen molar-refractivity contribution < 1.29 is 14.0 Å². The van der Waals surface area contributed by atoms with Crippen molar-refractivity contribution >= 4 is 29.3 Å². The summed E-state index contributed by atoms with van der Waals surface area (Å²) in [4.78, 5) is 27.7. The average Bonchev–Trinajstić information content (AvgIpc) is 3.18. The van der Waals surface area contributed by atoms with Crippen LogP contribution in [0.5, 0.6) is 0 Å². The van der Waals surface area contributed by atoms with Crippen molar-refractivity contribution in [3.8, 4) is 0 Å². The van der Waals surface area contributed by atoms with Gasteiger partial charge >= 0.3 is 0 Å². The lowest BCUT2D eigenvalue weighted by Crippen LogP contribution is -2.40. The number of hydrogen-bond donors (Lipinski definition) is 3. The Balaban J connectivity index is 1.63. The maximum absolute atomic E-state index is 13.2. The molecule has 1 saturated heterocycles. The van der Waals surface area contributed by atoms with Crippen molar-refractivity contribution in [2.45, 2.75) is 10.9 Å². The number of halogens is 1. The number of carbonyl (C=O) groups is 2. The van der Waals surface area contributed by atoms with E-state index < -0.39 is 0 Å². The van der Waals surface area contributed by atoms with Gasteiger partial charge in [0.05, 0.1) is 24.2 Å². The van der Waals surface area contributed by atoms with E-state index in [4.69, 9.17) is 0 Å². The lowest BCUT2D eigenvalue weighted by Gasteiger charge is -2.24. The Bertz CT molecular complexity index is 846. The van der Waals surface area contributed by atoms with Crippen LogP contribution in [0.3, 0.4) is 0 Å². The fourth-order valence-electron chi connectivity index (χ4n) is 3.23. The largest absolute Gasteiger partial charge is 0.336 e. The number of nitrogens with zero attached hydrogens (tertiary/aromatic N) is 1. The van der Waals surface area contributed by atoms with Crippen LogP contribution in [0.4, 0.5) is 10.1 Å². The van der Waals surface area contributed by atoms with Crippen molar-refractivity contribution in [1.29, 1.82) is 0 Å². The van der Waals surface area contributed by atoms with Gasteiger partial charge in [-0.2, -0.15) is 0 Å². The van der Waals surface area contributed by atoms with Gasteiger partial charge in [0.2, 0.25) is 11.8 Å². The maximum Gasteiger partial charge on any atom is 0.244 e. The first-order chi connectivity index (χ1) is 13.5. The standard InChI is InChI=1S/C20H23FN4O2S/c1-25(12-18(26)23-16-5-3-4-6-17(16)28-2)20(27)15-11-22-24-19(15)13-7-9-14(21)10-8-13/h3-10,15,19,22,24H,11-12H2,1-2H3,(H,23,26). The van der Waals surface area contributed by atoms with Gasteiger partial charge in [-0.25, -0.2) is 9.82 Å². The summed E-state index contributed by atoms with van der Waals surface area (Å²) in [5.41, 5.74) is 7.60. The highest BCUT2D eigenvalue weighted by Crippen LogP contribution is 2.27. The summed E-state index contributed by atoms with van der Waals surface area (Å²) in [7, 11) is 1.61. The van der Waals surface area contributed by atoms with E-state index >= 15 is 0 Å². The minimum atomic E-state index is -0.387. The molecule has 0 aliphatic carbocycles. The number of para-hydroxylation sites is 1. The second kappa shape index (κ2) is 9.18. The predicted octanol–water partition coefficient (Wildman–Crippen LogP) is 2.41. The van der Waals surface area contributed by atoms with Gasteiger partial charge in [-0.3, -0.25) is 15.0 Å². The summed E-state index contributed by atoms with van der Waals surface area (Å²) in [5.74, 6) is -1.12. The third kappa shape index (κ3) is 4.70. The van der Waals surface area contributed by atoms with Crippen LogP contribution in [0.25, 0.3) is 0 Å². The van der Waals surface area contributed by atoms with E-state index in [9.17, 15) is 14.0 Å².